The number of rotatable bonds is 5. The first-order chi connectivity index (χ1) is 9.52. The van der Waals surface area contributed by atoms with Crippen LogP contribution in [0.25, 0.3) is 0 Å². The van der Waals surface area contributed by atoms with Crippen LogP contribution in [0.15, 0.2) is 17.5 Å². The molecule has 0 aliphatic heterocycles. The van der Waals surface area contributed by atoms with Gasteiger partial charge in [0.1, 0.15) is 5.01 Å². The Kier molecular flexibility index (Phi) is 4.95. The summed E-state index contributed by atoms with van der Waals surface area (Å²) >= 11 is 1.75. The molecule has 0 spiro atoms. The highest BCUT2D eigenvalue weighted by atomic mass is 32.1. The van der Waals surface area contributed by atoms with Crippen molar-refractivity contribution in [3.8, 4) is 0 Å². The van der Waals surface area contributed by atoms with E-state index in [9.17, 15) is 0 Å². The number of nitrogens with one attached hydrogen (secondary N) is 1. The molecule has 2 nitrogen and oxygen atoms in total. The molecular formula is C17H24N2S. The van der Waals surface area contributed by atoms with Gasteiger partial charge < -0.3 is 5.32 Å². The highest BCUT2D eigenvalue weighted by Crippen LogP contribution is 2.29. The molecule has 2 aromatic rings. The first-order valence-corrected chi connectivity index (χ1v) is 8.14. The number of hydrogen-bond donors (Lipinski definition) is 1. The number of nitrogens with zero attached hydrogens (tertiary/aromatic N) is 1. The summed E-state index contributed by atoms with van der Waals surface area (Å²) in [6, 6.07) is 4.81. The SMILES string of the molecule is CCCNC(c1nc(C)cs1)c1cc(C)c(C)cc1C. The van der Waals surface area contributed by atoms with Gasteiger partial charge in [0.25, 0.3) is 0 Å². The summed E-state index contributed by atoms with van der Waals surface area (Å²) < 4.78 is 0. The molecule has 0 bridgehead atoms. The zero-order valence-corrected chi connectivity index (χ0v) is 13.9. The van der Waals surface area contributed by atoms with Crippen LogP contribution in [0.2, 0.25) is 0 Å². The van der Waals surface area contributed by atoms with Crippen molar-refractivity contribution in [2.24, 2.45) is 0 Å². The Balaban J connectivity index is 2.43. The maximum atomic E-state index is 4.69. The molecule has 108 valence electrons. The van der Waals surface area contributed by atoms with Crippen LogP contribution in [-0.2, 0) is 0 Å². The van der Waals surface area contributed by atoms with Crippen LogP contribution in [0, 0.1) is 27.7 Å². The van der Waals surface area contributed by atoms with Gasteiger partial charge in [0.2, 0.25) is 0 Å². The third kappa shape index (κ3) is 3.28. The second kappa shape index (κ2) is 6.51. The zero-order valence-electron chi connectivity index (χ0n) is 13.1. The molecule has 0 aliphatic rings. The first-order valence-electron chi connectivity index (χ1n) is 7.26. The van der Waals surface area contributed by atoms with Crippen LogP contribution in [0.1, 0.15) is 52.3 Å². The van der Waals surface area contributed by atoms with Crippen LogP contribution < -0.4 is 5.32 Å². The summed E-state index contributed by atoms with van der Waals surface area (Å²) in [4.78, 5) is 4.69. The van der Waals surface area contributed by atoms with Gasteiger partial charge in [0, 0.05) is 11.1 Å². The van der Waals surface area contributed by atoms with Gasteiger partial charge in [-0.1, -0.05) is 19.1 Å². The number of hydrogen-bond acceptors (Lipinski definition) is 3. The Labute approximate surface area is 126 Å². The van der Waals surface area contributed by atoms with E-state index < -0.39 is 0 Å². The van der Waals surface area contributed by atoms with E-state index in [-0.39, 0.29) is 6.04 Å². The summed E-state index contributed by atoms with van der Waals surface area (Å²) in [6.45, 7) is 11.8. The quantitative estimate of drug-likeness (QED) is 0.878. The Morgan fingerprint density at radius 2 is 1.80 bits per heavy atom. The standard InChI is InChI=1S/C17H24N2S/c1-6-7-18-16(17-19-14(5)10-20-17)15-9-12(3)11(2)8-13(15)4/h8-10,16,18H,6-7H2,1-5H3. The average Bonchev–Trinajstić information content (AvgIpc) is 2.82. The molecule has 0 radical (unpaired) electrons. The number of benzene rings is 1. The van der Waals surface area contributed by atoms with E-state index >= 15 is 0 Å². The van der Waals surface area contributed by atoms with Gasteiger partial charge in [-0.25, -0.2) is 4.98 Å². The normalized spacial score (nSPS) is 12.7. The van der Waals surface area contributed by atoms with Crippen molar-refractivity contribution in [3.05, 3.63) is 50.5 Å². The third-order valence-electron chi connectivity index (χ3n) is 3.68. The molecule has 1 aromatic heterocycles. The largest absolute Gasteiger partial charge is 0.304 e. The minimum absolute atomic E-state index is 0.216. The van der Waals surface area contributed by atoms with E-state index in [1.54, 1.807) is 11.3 Å². The van der Waals surface area contributed by atoms with Crippen molar-refractivity contribution in [1.82, 2.24) is 10.3 Å². The molecule has 2 rings (SSSR count). The smallest absolute Gasteiger partial charge is 0.114 e. The molecule has 3 heteroatoms. The minimum atomic E-state index is 0.216. The highest BCUT2D eigenvalue weighted by molar-refractivity contribution is 7.09. The van der Waals surface area contributed by atoms with Crippen LogP contribution in [-0.4, -0.2) is 11.5 Å². The minimum Gasteiger partial charge on any atom is -0.304 e. The number of aryl methyl sites for hydroxylation is 4. The molecular weight excluding hydrogens is 264 g/mol. The summed E-state index contributed by atoms with van der Waals surface area (Å²) in [6.07, 6.45) is 1.13. The van der Waals surface area contributed by atoms with E-state index in [0.717, 1.165) is 18.7 Å². The molecule has 1 atom stereocenters. The monoisotopic (exact) mass is 288 g/mol. The summed E-state index contributed by atoms with van der Waals surface area (Å²) in [7, 11) is 0. The third-order valence-corrected chi connectivity index (χ3v) is 4.70. The maximum absolute atomic E-state index is 4.69. The molecule has 0 fully saturated rings. The van der Waals surface area contributed by atoms with Gasteiger partial charge in [-0.05, 0) is 62.9 Å². The Bertz CT molecular complexity index is 587. The fourth-order valence-corrected chi connectivity index (χ4v) is 3.30. The molecule has 1 N–H and O–H groups in total. The fraction of sp³-hybridized carbons (Fsp3) is 0.471. The lowest BCUT2D eigenvalue weighted by Crippen LogP contribution is -2.24. The van der Waals surface area contributed by atoms with Crippen molar-refractivity contribution < 1.29 is 0 Å². The predicted octanol–water partition coefficient (Wildman–Crippen LogP) is 4.47. The molecule has 0 amide bonds. The predicted molar refractivity (Wildman–Crippen MR) is 87.6 cm³/mol. The Morgan fingerprint density at radius 1 is 1.10 bits per heavy atom. The van der Waals surface area contributed by atoms with E-state index in [1.165, 1.54) is 27.3 Å². The molecule has 0 saturated heterocycles. The molecule has 1 aromatic carbocycles. The molecule has 20 heavy (non-hydrogen) atoms. The lowest BCUT2D eigenvalue weighted by molar-refractivity contribution is 0.592. The molecule has 0 aliphatic carbocycles. The van der Waals surface area contributed by atoms with Crippen molar-refractivity contribution in [3.63, 3.8) is 0 Å². The van der Waals surface area contributed by atoms with Crippen LogP contribution in [0.3, 0.4) is 0 Å². The second-order valence-corrected chi connectivity index (χ2v) is 6.40. The average molecular weight is 288 g/mol. The highest BCUT2D eigenvalue weighted by Gasteiger charge is 2.19. The first kappa shape index (κ1) is 15.2. The van der Waals surface area contributed by atoms with E-state index in [1.807, 2.05) is 0 Å². The lowest BCUT2D eigenvalue weighted by atomic mass is 9.96. The van der Waals surface area contributed by atoms with Gasteiger partial charge in [-0.3, -0.25) is 0 Å². The summed E-state index contributed by atoms with van der Waals surface area (Å²) in [5.41, 5.74) is 6.51. The Morgan fingerprint density at radius 3 is 2.40 bits per heavy atom. The molecule has 0 saturated carbocycles. The van der Waals surface area contributed by atoms with Gasteiger partial charge in [-0.2, -0.15) is 0 Å². The summed E-state index contributed by atoms with van der Waals surface area (Å²) in [5.74, 6) is 0. The van der Waals surface area contributed by atoms with Crippen LogP contribution in [0.4, 0.5) is 0 Å². The number of aromatic nitrogens is 1. The van der Waals surface area contributed by atoms with Crippen molar-refractivity contribution in [2.75, 3.05) is 6.54 Å². The maximum Gasteiger partial charge on any atom is 0.114 e. The van der Waals surface area contributed by atoms with Gasteiger partial charge >= 0.3 is 0 Å². The van der Waals surface area contributed by atoms with E-state index in [2.05, 4.69) is 62.4 Å². The van der Waals surface area contributed by atoms with Crippen molar-refractivity contribution in [1.29, 1.82) is 0 Å². The second-order valence-electron chi connectivity index (χ2n) is 5.51. The van der Waals surface area contributed by atoms with Crippen LogP contribution in [0.5, 0.6) is 0 Å². The zero-order chi connectivity index (χ0) is 14.7. The summed E-state index contributed by atoms with van der Waals surface area (Å²) in [5, 5.41) is 6.95. The Hall–Kier alpha value is -1.19. The van der Waals surface area contributed by atoms with Crippen LogP contribution >= 0.6 is 11.3 Å². The van der Waals surface area contributed by atoms with Gasteiger partial charge in [-0.15, -0.1) is 11.3 Å². The topological polar surface area (TPSA) is 24.9 Å². The van der Waals surface area contributed by atoms with Crippen molar-refractivity contribution >= 4 is 11.3 Å². The lowest BCUT2D eigenvalue weighted by Gasteiger charge is -2.20. The fourth-order valence-electron chi connectivity index (χ4n) is 2.42. The number of thiazole rings is 1. The van der Waals surface area contributed by atoms with E-state index in [0.29, 0.717) is 0 Å². The van der Waals surface area contributed by atoms with Gasteiger partial charge in [0.15, 0.2) is 0 Å². The van der Waals surface area contributed by atoms with E-state index in [4.69, 9.17) is 0 Å². The molecule has 1 unspecified atom stereocenters. The molecule has 1 heterocycles. The van der Waals surface area contributed by atoms with Crippen molar-refractivity contribution in [2.45, 2.75) is 47.1 Å². The van der Waals surface area contributed by atoms with Gasteiger partial charge in [0.05, 0.1) is 6.04 Å².